The first kappa shape index (κ1) is 15.9. The number of rotatable bonds is 5. The quantitative estimate of drug-likeness (QED) is 0.885. The fourth-order valence-electron chi connectivity index (χ4n) is 2.41. The summed E-state index contributed by atoms with van der Waals surface area (Å²) in [6.45, 7) is 1.98. The Morgan fingerprint density at radius 2 is 1.83 bits per heavy atom. The Morgan fingerprint density at radius 1 is 1.08 bits per heavy atom. The van der Waals surface area contributed by atoms with Gasteiger partial charge in [0.25, 0.3) is 5.91 Å². The van der Waals surface area contributed by atoms with E-state index in [1.165, 1.54) is 0 Å². The van der Waals surface area contributed by atoms with E-state index in [1.54, 1.807) is 49.4 Å². The van der Waals surface area contributed by atoms with E-state index in [-0.39, 0.29) is 31.1 Å². The van der Waals surface area contributed by atoms with Crippen LogP contribution in [0.1, 0.15) is 23.7 Å². The van der Waals surface area contributed by atoms with E-state index >= 15 is 0 Å². The Morgan fingerprint density at radius 3 is 2.62 bits per heavy atom. The SMILES string of the molecule is CC(CC(=O)Nc1ccc2c(c1)OCO2)NC(=O)c1ccccc1. The maximum absolute atomic E-state index is 12.1. The summed E-state index contributed by atoms with van der Waals surface area (Å²) in [5, 5.41) is 5.60. The molecule has 1 aliphatic heterocycles. The molecule has 2 aromatic carbocycles. The predicted octanol–water partition coefficient (Wildman–Crippen LogP) is 2.56. The minimum absolute atomic E-state index is 0.174. The van der Waals surface area contributed by atoms with E-state index < -0.39 is 0 Å². The highest BCUT2D eigenvalue weighted by molar-refractivity contribution is 5.95. The van der Waals surface area contributed by atoms with Gasteiger partial charge in [0.05, 0.1) is 0 Å². The van der Waals surface area contributed by atoms with Crippen LogP contribution in [0.2, 0.25) is 0 Å². The Balaban J connectivity index is 1.52. The molecule has 2 N–H and O–H groups in total. The number of benzene rings is 2. The van der Waals surface area contributed by atoms with Gasteiger partial charge in [0.15, 0.2) is 11.5 Å². The van der Waals surface area contributed by atoms with E-state index in [0.717, 1.165) is 0 Å². The second kappa shape index (κ2) is 7.04. The molecule has 0 spiro atoms. The zero-order valence-electron chi connectivity index (χ0n) is 13.2. The monoisotopic (exact) mass is 326 g/mol. The number of hydrogen-bond acceptors (Lipinski definition) is 4. The minimum Gasteiger partial charge on any atom is -0.454 e. The highest BCUT2D eigenvalue weighted by Crippen LogP contribution is 2.34. The van der Waals surface area contributed by atoms with E-state index in [2.05, 4.69) is 10.6 Å². The molecule has 1 unspecified atom stereocenters. The van der Waals surface area contributed by atoms with Gasteiger partial charge in [0.2, 0.25) is 12.7 Å². The molecule has 0 saturated heterocycles. The van der Waals surface area contributed by atoms with Gasteiger partial charge in [-0.15, -0.1) is 0 Å². The highest BCUT2D eigenvalue weighted by Gasteiger charge is 2.16. The first-order valence-corrected chi connectivity index (χ1v) is 7.67. The lowest BCUT2D eigenvalue weighted by Gasteiger charge is -2.14. The summed E-state index contributed by atoms with van der Waals surface area (Å²) >= 11 is 0. The number of hydrogen-bond donors (Lipinski definition) is 2. The molecular formula is C18H18N2O4. The number of carbonyl (C=O) groups excluding carboxylic acids is 2. The zero-order valence-corrected chi connectivity index (χ0v) is 13.2. The number of ether oxygens (including phenoxy) is 2. The van der Waals surface area contributed by atoms with Crippen LogP contribution < -0.4 is 20.1 Å². The lowest BCUT2D eigenvalue weighted by atomic mass is 10.1. The third-order valence-electron chi connectivity index (χ3n) is 3.56. The van der Waals surface area contributed by atoms with Crippen LogP contribution in [-0.2, 0) is 4.79 Å². The van der Waals surface area contributed by atoms with Crippen LogP contribution in [0.25, 0.3) is 0 Å². The van der Waals surface area contributed by atoms with Crippen molar-refractivity contribution in [3.8, 4) is 11.5 Å². The summed E-state index contributed by atoms with van der Waals surface area (Å²) in [5.74, 6) is 0.892. The van der Waals surface area contributed by atoms with Crippen molar-refractivity contribution in [1.29, 1.82) is 0 Å². The molecule has 2 aromatic rings. The van der Waals surface area contributed by atoms with Crippen LogP contribution in [0, 0.1) is 0 Å². The molecule has 0 radical (unpaired) electrons. The van der Waals surface area contributed by atoms with Crippen molar-refractivity contribution in [2.75, 3.05) is 12.1 Å². The van der Waals surface area contributed by atoms with Gasteiger partial charge in [0.1, 0.15) is 0 Å². The molecule has 2 amide bonds. The summed E-state index contributed by atoms with van der Waals surface area (Å²) in [6.07, 6.45) is 0.174. The second-order valence-electron chi connectivity index (χ2n) is 5.56. The molecule has 0 aliphatic carbocycles. The number of anilines is 1. The van der Waals surface area contributed by atoms with Crippen molar-refractivity contribution in [2.24, 2.45) is 0 Å². The smallest absolute Gasteiger partial charge is 0.251 e. The lowest BCUT2D eigenvalue weighted by molar-refractivity contribution is -0.116. The summed E-state index contributed by atoms with van der Waals surface area (Å²) in [5.41, 5.74) is 1.20. The molecule has 3 rings (SSSR count). The van der Waals surface area contributed by atoms with E-state index in [1.807, 2.05) is 6.07 Å². The summed E-state index contributed by atoms with van der Waals surface area (Å²) in [7, 11) is 0. The van der Waals surface area contributed by atoms with Gasteiger partial charge in [-0.05, 0) is 31.2 Å². The Bertz CT molecular complexity index is 746. The zero-order chi connectivity index (χ0) is 16.9. The van der Waals surface area contributed by atoms with Crippen molar-refractivity contribution in [1.82, 2.24) is 5.32 Å². The first-order chi connectivity index (χ1) is 11.6. The first-order valence-electron chi connectivity index (χ1n) is 7.67. The van der Waals surface area contributed by atoms with Gasteiger partial charge < -0.3 is 20.1 Å². The maximum atomic E-state index is 12.1. The van der Waals surface area contributed by atoms with Crippen LogP contribution in [0.3, 0.4) is 0 Å². The molecule has 124 valence electrons. The molecule has 0 aromatic heterocycles. The van der Waals surface area contributed by atoms with Gasteiger partial charge in [-0.25, -0.2) is 0 Å². The number of nitrogens with one attached hydrogen (secondary N) is 2. The van der Waals surface area contributed by atoms with Gasteiger partial charge in [-0.2, -0.15) is 0 Å². The lowest BCUT2D eigenvalue weighted by Crippen LogP contribution is -2.35. The number of fused-ring (bicyclic) bond motifs is 1. The Hall–Kier alpha value is -3.02. The maximum Gasteiger partial charge on any atom is 0.251 e. The van der Waals surface area contributed by atoms with E-state index in [0.29, 0.717) is 22.7 Å². The molecule has 0 bridgehead atoms. The van der Waals surface area contributed by atoms with Crippen molar-refractivity contribution >= 4 is 17.5 Å². The molecule has 0 saturated carbocycles. The number of amides is 2. The molecular weight excluding hydrogens is 308 g/mol. The van der Waals surface area contributed by atoms with Crippen LogP contribution in [0.4, 0.5) is 5.69 Å². The molecule has 6 nitrogen and oxygen atoms in total. The fraction of sp³-hybridized carbons (Fsp3) is 0.222. The van der Waals surface area contributed by atoms with Crippen LogP contribution >= 0.6 is 0 Å². The van der Waals surface area contributed by atoms with Crippen LogP contribution in [0.5, 0.6) is 11.5 Å². The molecule has 24 heavy (non-hydrogen) atoms. The van der Waals surface area contributed by atoms with Crippen molar-refractivity contribution in [3.05, 3.63) is 54.1 Å². The predicted molar refractivity (Wildman–Crippen MR) is 89.2 cm³/mol. The van der Waals surface area contributed by atoms with Gasteiger partial charge in [0, 0.05) is 29.8 Å². The molecule has 1 aliphatic rings. The standard InChI is InChI=1S/C18H18N2O4/c1-12(19-18(22)13-5-3-2-4-6-13)9-17(21)20-14-7-8-15-16(10-14)24-11-23-15/h2-8,10,12H,9,11H2,1H3,(H,19,22)(H,20,21). The van der Waals surface area contributed by atoms with Crippen molar-refractivity contribution in [2.45, 2.75) is 19.4 Å². The summed E-state index contributed by atoms with van der Waals surface area (Å²) in [6, 6.07) is 13.8. The molecule has 1 heterocycles. The van der Waals surface area contributed by atoms with E-state index in [9.17, 15) is 9.59 Å². The Labute approximate surface area is 139 Å². The van der Waals surface area contributed by atoms with E-state index in [4.69, 9.17) is 9.47 Å². The van der Waals surface area contributed by atoms with Gasteiger partial charge in [-0.1, -0.05) is 18.2 Å². The summed E-state index contributed by atoms with van der Waals surface area (Å²) < 4.78 is 10.5. The van der Waals surface area contributed by atoms with Gasteiger partial charge in [-0.3, -0.25) is 9.59 Å². The minimum atomic E-state index is -0.285. The van der Waals surface area contributed by atoms with Gasteiger partial charge >= 0.3 is 0 Å². The third kappa shape index (κ3) is 3.84. The second-order valence-corrected chi connectivity index (χ2v) is 5.56. The van der Waals surface area contributed by atoms with Crippen LogP contribution in [-0.4, -0.2) is 24.6 Å². The van der Waals surface area contributed by atoms with Crippen molar-refractivity contribution in [3.63, 3.8) is 0 Å². The average Bonchev–Trinajstić information content (AvgIpc) is 3.03. The van der Waals surface area contributed by atoms with Crippen molar-refractivity contribution < 1.29 is 19.1 Å². The molecule has 0 fully saturated rings. The fourth-order valence-corrected chi connectivity index (χ4v) is 2.41. The topological polar surface area (TPSA) is 76.7 Å². The summed E-state index contributed by atoms with van der Waals surface area (Å²) in [4.78, 5) is 24.2. The van der Waals surface area contributed by atoms with Crippen LogP contribution in [0.15, 0.2) is 48.5 Å². The molecule has 6 heteroatoms. The number of carbonyl (C=O) groups is 2. The third-order valence-corrected chi connectivity index (χ3v) is 3.56. The normalized spacial score (nSPS) is 13.2. The molecule has 1 atom stereocenters. The Kier molecular flexibility index (Phi) is 4.65. The highest BCUT2D eigenvalue weighted by atomic mass is 16.7. The average molecular weight is 326 g/mol. The largest absolute Gasteiger partial charge is 0.454 e.